The van der Waals surface area contributed by atoms with Gasteiger partial charge in [0.2, 0.25) is 11.8 Å². The molecule has 0 fully saturated rings. The highest BCUT2D eigenvalue weighted by Gasteiger charge is 2.08. The van der Waals surface area contributed by atoms with Crippen LogP contribution in [0.4, 0.5) is 15.8 Å². The molecule has 9 heteroatoms. The number of amides is 2. The number of aromatic nitrogens is 2. The van der Waals surface area contributed by atoms with Crippen molar-refractivity contribution in [2.24, 2.45) is 0 Å². The lowest BCUT2D eigenvalue weighted by Crippen LogP contribution is -2.16. The van der Waals surface area contributed by atoms with Crippen LogP contribution in [0.15, 0.2) is 48.7 Å². The first-order valence-electron chi connectivity index (χ1n) is 7.42. The number of hydrogen-bond acceptors (Lipinski definition) is 3. The Kier molecular flexibility index (Phi) is 6.94. The van der Waals surface area contributed by atoms with Crippen molar-refractivity contribution in [3.05, 3.63) is 54.5 Å². The average Bonchev–Trinajstić information content (AvgIpc) is 3.11. The number of carbonyl (C=O) groups is 2. The molecule has 26 heavy (non-hydrogen) atoms. The van der Waals surface area contributed by atoms with E-state index in [0.29, 0.717) is 5.69 Å². The van der Waals surface area contributed by atoms with Gasteiger partial charge in [0, 0.05) is 24.1 Å². The fourth-order valence-electron chi connectivity index (χ4n) is 1.98. The molecule has 0 aliphatic heterocycles. The number of nitrogens with one attached hydrogen (secondary N) is 2. The normalized spacial score (nSPS) is 10.0. The smallest absolute Gasteiger partial charge is 0.239 e. The maximum absolute atomic E-state index is 12.8. The zero-order valence-corrected chi connectivity index (χ0v) is 15.2. The van der Waals surface area contributed by atoms with Gasteiger partial charge in [0.15, 0.2) is 0 Å². The number of anilines is 2. The third-order valence-corrected chi connectivity index (χ3v) is 3.87. The Bertz CT molecular complexity index is 916. The molecule has 1 heterocycles. The third-order valence-electron chi connectivity index (χ3n) is 3.20. The molecule has 2 amide bonds. The molecular formula is C17H15Cl2FN4O2. The van der Waals surface area contributed by atoms with E-state index in [4.69, 9.17) is 23.4 Å². The number of nitrogens with zero attached hydrogens (tertiary/aromatic N) is 2. The topological polar surface area (TPSA) is 78.1 Å². The second kappa shape index (κ2) is 9.17. The van der Waals surface area contributed by atoms with Crippen LogP contribution in [-0.4, -0.2) is 27.9 Å². The first-order valence-corrected chi connectivity index (χ1v) is 8.29. The molecule has 2 aromatic carbocycles. The molecule has 6 nitrogen and oxygen atoms in total. The summed E-state index contributed by atoms with van der Waals surface area (Å²) in [6, 6.07) is 11.3. The van der Waals surface area contributed by atoms with Gasteiger partial charge in [-0.05, 0) is 30.3 Å². The van der Waals surface area contributed by atoms with Crippen LogP contribution in [0.3, 0.4) is 0 Å². The van der Waals surface area contributed by atoms with E-state index in [9.17, 15) is 14.0 Å². The van der Waals surface area contributed by atoms with E-state index in [1.54, 1.807) is 30.5 Å². The van der Waals surface area contributed by atoms with Crippen LogP contribution in [0.5, 0.6) is 0 Å². The van der Waals surface area contributed by atoms with E-state index < -0.39 is 11.7 Å². The fraction of sp³-hybridized carbons (Fsp3) is 0.118. The van der Waals surface area contributed by atoms with Gasteiger partial charge in [-0.15, -0.1) is 11.6 Å². The molecule has 1 aromatic heterocycles. The van der Waals surface area contributed by atoms with Crippen LogP contribution < -0.4 is 9.74 Å². The minimum Gasteiger partial charge on any atom is -0.323 e. The number of aromatic amines is 1. The Labute approximate surface area is 159 Å². The third kappa shape index (κ3) is 5.18. The summed E-state index contributed by atoms with van der Waals surface area (Å²) >= 11 is 11.0. The fourth-order valence-corrected chi connectivity index (χ4v) is 2.15. The van der Waals surface area contributed by atoms with Crippen LogP contribution in [0, 0.1) is 5.82 Å². The zero-order chi connectivity index (χ0) is 19.1. The number of halogens is 3. The Balaban J connectivity index is 0.000000190. The second-order valence-electron chi connectivity index (χ2n) is 5.10. The van der Waals surface area contributed by atoms with E-state index >= 15 is 0 Å². The van der Waals surface area contributed by atoms with Crippen LogP contribution in [-0.2, 0) is 9.59 Å². The van der Waals surface area contributed by atoms with Gasteiger partial charge >= 0.3 is 0 Å². The number of H-pyrrole nitrogens is 1. The highest BCUT2D eigenvalue weighted by Crippen LogP contribution is 2.22. The summed E-state index contributed by atoms with van der Waals surface area (Å²) in [5.74, 6) is -1.26. The van der Waals surface area contributed by atoms with E-state index in [-0.39, 0.29) is 17.5 Å². The first-order chi connectivity index (χ1) is 12.4. The summed E-state index contributed by atoms with van der Waals surface area (Å²) in [5.41, 5.74) is 1.72. The molecule has 0 unspecified atom stereocenters. The predicted molar refractivity (Wildman–Crippen MR) is 101 cm³/mol. The van der Waals surface area contributed by atoms with Crippen molar-refractivity contribution in [2.45, 2.75) is 6.92 Å². The lowest BCUT2D eigenvalue weighted by Gasteiger charge is -2.10. The maximum Gasteiger partial charge on any atom is 0.239 e. The van der Waals surface area contributed by atoms with Gasteiger partial charge in [0.25, 0.3) is 0 Å². The number of alkyl halides is 1. The Morgan fingerprint density at radius 2 is 2.00 bits per heavy atom. The molecular weight excluding hydrogens is 382 g/mol. The monoisotopic (exact) mass is 396 g/mol. The highest BCUT2D eigenvalue weighted by atomic mass is 35.5. The number of hydrogen-bond donors (Lipinski definition) is 2. The number of rotatable bonds is 3. The minimum atomic E-state index is -0.462. The summed E-state index contributed by atoms with van der Waals surface area (Å²) in [7, 11) is 0. The molecule has 136 valence electrons. The van der Waals surface area contributed by atoms with E-state index in [0.717, 1.165) is 15.3 Å². The van der Waals surface area contributed by atoms with Crippen LogP contribution in [0.1, 0.15) is 6.92 Å². The molecule has 3 rings (SSSR count). The van der Waals surface area contributed by atoms with Gasteiger partial charge in [-0.25, -0.2) is 8.81 Å². The molecule has 0 bridgehead atoms. The van der Waals surface area contributed by atoms with Gasteiger partial charge in [0.1, 0.15) is 11.7 Å². The molecule has 0 aliphatic carbocycles. The largest absolute Gasteiger partial charge is 0.323 e. The van der Waals surface area contributed by atoms with Crippen LogP contribution in [0.25, 0.3) is 10.9 Å². The molecule has 0 spiro atoms. The standard InChI is InChI=1S/C9H8ClN3O.C8H7ClFNO/c1-6(14)13(10)8-2-3-9-7(4-8)5-11-12-9;9-5-8(12)11-7-4-2-1-3-6(7)10/h2-5H,1H3,(H,11,12);1-4H,5H2,(H,11,12). The quantitative estimate of drug-likeness (QED) is 0.517. The van der Waals surface area contributed by atoms with Crippen LogP contribution >= 0.6 is 23.4 Å². The van der Waals surface area contributed by atoms with E-state index in [1.165, 1.54) is 19.1 Å². The van der Waals surface area contributed by atoms with Gasteiger partial charge in [-0.2, -0.15) is 5.10 Å². The predicted octanol–water partition coefficient (Wildman–Crippen LogP) is 4.07. The average molecular weight is 397 g/mol. The van der Waals surface area contributed by atoms with Crippen molar-refractivity contribution in [3.63, 3.8) is 0 Å². The lowest BCUT2D eigenvalue weighted by molar-refractivity contribution is -0.115. The molecule has 0 radical (unpaired) electrons. The zero-order valence-electron chi connectivity index (χ0n) is 13.7. The SMILES string of the molecule is CC(=O)N(Cl)c1ccc2[nH]ncc2c1.O=C(CCl)Nc1ccccc1F. The minimum absolute atomic E-state index is 0.156. The summed E-state index contributed by atoms with van der Waals surface area (Å²) in [5, 5.41) is 9.93. The molecule has 2 N–H and O–H groups in total. The molecule has 3 aromatic rings. The van der Waals surface area contributed by atoms with Gasteiger partial charge in [-0.1, -0.05) is 12.1 Å². The van der Waals surface area contributed by atoms with Crippen molar-refractivity contribution in [1.29, 1.82) is 0 Å². The van der Waals surface area contributed by atoms with Crippen molar-refractivity contribution in [1.82, 2.24) is 10.2 Å². The number of fused-ring (bicyclic) bond motifs is 1. The van der Waals surface area contributed by atoms with E-state index in [2.05, 4.69) is 15.5 Å². The molecule has 0 saturated carbocycles. The lowest BCUT2D eigenvalue weighted by atomic mass is 10.2. The number of carbonyl (C=O) groups excluding carboxylic acids is 2. The van der Waals surface area contributed by atoms with Crippen LogP contribution in [0.2, 0.25) is 0 Å². The summed E-state index contributed by atoms with van der Waals surface area (Å²) < 4.78 is 13.9. The second-order valence-corrected chi connectivity index (χ2v) is 5.71. The molecule has 0 aliphatic rings. The van der Waals surface area contributed by atoms with Crippen molar-refractivity contribution < 1.29 is 14.0 Å². The maximum atomic E-state index is 12.8. The summed E-state index contributed by atoms with van der Waals surface area (Å²) in [6.07, 6.45) is 1.68. The molecule has 0 saturated heterocycles. The first kappa shape index (κ1) is 19.7. The van der Waals surface area contributed by atoms with Crippen molar-refractivity contribution in [2.75, 3.05) is 15.6 Å². The summed E-state index contributed by atoms with van der Waals surface area (Å²) in [6.45, 7) is 1.41. The van der Waals surface area contributed by atoms with Crippen molar-refractivity contribution in [3.8, 4) is 0 Å². The van der Waals surface area contributed by atoms with Gasteiger partial charge in [-0.3, -0.25) is 14.7 Å². The Morgan fingerprint density at radius 3 is 2.65 bits per heavy atom. The van der Waals surface area contributed by atoms with Gasteiger partial charge in [0.05, 0.1) is 23.1 Å². The summed E-state index contributed by atoms with van der Waals surface area (Å²) in [4.78, 5) is 21.7. The number of para-hydroxylation sites is 1. The molecule has 0 atom stereocenters. The van der Waals surface area contributed by atoms with Gasteiger partial charge < -0.3 is 5.32 Å². The Hall–Kier alpha value is -2.64. The van der Waals surface area contributed by atoms with Crippen molar-refractivity contribution >= 4 is 57.5 Å². The number of benzene rings is 2. The highest BCUT2D eigenvalue weighted by molar-refractivity contribution is 6.36. The van der Waals surface area contributed by atoms with E-state index in [1.807, 2.05) is 6.07 Å². The Morgan fingerprint density at radius 1 is 1.27 bits per heavy atom.